The van der Waals surface area contributed by atoms with Gasteiger partial charge in [-0.25, -0.2) is 0 Å². The molecule has 0 aliphatic carbocycles. The van der Waals surface area contributed by atoms with Crippen LogP contribution < -0.4 is 0 Å². The fourth-order valence-electron chi connectivity index (χ4n) is 4.91. The molecule has 1 aliphatic heterocycles. The molecule has 0 aromatic heterocycles. The maximum atomic E-state index is 6.81. The Labute approximate surface area is 264 Å². The average Bonchev–Trinajstić information content (AvgIpc) is 3.02. The minimum Gasteiger partial charge on any atom is -0.414 e. The molecule has 1 saturated heterocycles. The highest BCUT2D eigenvalue weighted by atomic mass is 28.4. The maximum absolute atomic E-state index is 6.81. The molecule has 5 atom stereocenters. The molecule has 0 N–H and O–H groups in total. The Morgan fingerprint density at radius 3 is 1.43 bits per heavy atom. The van der Waals surface area contributed by atoms with Gasteiger partial charge in [0, 0.05) is 7.11 Å². The number of rotatable bonds is 16. The molecule has 3 aromatic carbocycles. The lowest BCUT2D eigenvalue weighted by Gasteiger charge is -2.47. The second-order valence-corrected chi connectivity index (χ2v) is 17.7. The van der Waals surface area contributed by atoms with Gasteiger partial charge < -0.3 is 32.8 Å². The Hall–Kier alpha value is -2.40. The number of hydrogen-bond acceptors (Lipinski definition) is 7. The van der Waals surface area contributed by atoms with Gasteiger partial charge in [-0.2, -0.15) is 0 Å². The highest BCUT2D eigenvalue weighted by molar-refractivity contribution is 6.74. The first-order valence-corrected chi connectivity index (χ1v) is 18.4. The van der Waals surface area contributed by atoms with E-state index in [1.54, 1.807) is 7.11 Å². The van der Waals surface area contributed by atoms with E-state index in [4.69, 9.17) is 32.8 Å². The fraction of sp³-hybridized carbons (Fsp3) is 0.500. The Morgan fingerprint density at radius 1 is 0.614 bits per heavy atom. The molecule has 0 saturated carbocycles. The summed E-state index contributed by atoms with van der Waals surface area (Å²) < 4.78 is 44.8. The van der Waals surface area contributed by atoms with Crippen LogP contribution in [0.5, 0.6) is 0 Å². The summed E-state index contributed by atoms with van der Waals surface area (Å²) in [5, 5.41) is 0.0492. The summed E-state index contributed by atoms with van der Waals surface area (Å²) in [7, 11) is -0.476. The zero-order valence-corrected chi connectivity index (χ0v) is 28.1. The van der Waals surface area contributed by atoms with Crippen molar-refractivity contribution in [3.05, 3.63) is 108 Å². The van der Waals surface area contributed by atoms with Gasteiger partial charge in [-0.05, 0) is 34.8 Å². The molecule has 0 bridgehead atoms. The van der Waals surface area contributed by atoms with Gasteiger partial charge in [0.25, 0.3) is 0 Å². The zero-order valence-electron chi connectivity index (χ0n) is 27.1. The van der Waals surface area contributed by atoms with Crippen molar-refractivity contribution in [1.29, 1.82) is 0 Å². The highest BCUT2D eigenvalue weighted by Crippen LogP contribution is 2.38. The second-order valence-electron chi connectivity index (χ2n) is 12.8. The summed E-state index contributed by atoms with van der Waals surface area (Å²) in [6.07, 6.45) is -2.22. The van der Waals surface area contributed by atoms with Crippen LogP contribution in [-0.2, 0) is 52.7 Å². The van der Waals surface area contributed by atoms with Crippen molar-refractivity contribution in [2.24, 2.45) is 0 Å². The predicted octanol–water partition coefficient (Wildman–Crippen LogP) is 7.15. The monoisotopic (exact) mass is 622 g/mol. The van der Waals surface area contributed by atoms with Crippen LogP contribution in [0.2, 0.25) is 18.1 Å². The molecule has 7 nitrogen and oxygen atoms in total. The van der Waals surface area contributed by atoms with Crippen molar-refractivity contribution in [3.63, 3.8) is 0 Å². The summed E-state index contributed by atoms with van der Waals surface area (Å²) >= 11 is 0. The van der Waals surface area contributed by atoms with Gasteiger partial charge in [0.1, 0.15) is 37.3 Å². The molecule has 8 heteroatoms. The lowest BCUT2D eigenvalue weighted by atomic mass is 9.94. The zero-order chi connectivity index (χ0) is 31.4. The van der Waals surface area contributed by atoms with Gasteiger partial charge in [0.2, 0.25) is 0 Å². The van der Waals surface area contributed by atoms with Gasteiger partial charge >= 0.3 is 0 Å². The molecule has 1 heterocycles. The van der Waals surface area contributed by atoms with Crippen molar-refractivity contribution >= 4 is 8.32 Å². The number of hydrogen-bond donors (Lipinski definition) is 0. The summed E-state index contributed by atoms with van der Waals surface area (Å²) in [6, 6.07) is 30.5. The summed E-state index contributed by atoms with van der Waals surface area (Å²) in [6.45, 7) is 13.3. The number of methoxy groups -OCH3 is 1. The van der Waals surface area contributed by atoms with Crippen molar-refractivity contribution in [1.82, 2.24) is 0 Å². The maximum Gasteiger partial charge on any atom is 0.192 e. The molecule has 0 amide bonds. The van der Waals surface area contributed by atoms with Gasteiger partial charge in [-0.15, -0.1) is 0 Å². The van der Waals surface area contributed by atoms with Crippen molar-refractivity contribution in [2.75, 3.05) is 27.1 Å². The number of ether oxygens (including phenoxy) is 6. The van der Waals surface area contributed by atoms with E-state index in [0.717, 1.165) is 16.7 Å². The third-order valence-electron chi connectivity index (χ3n) is 8.48. The van der Waals surface area contributed by atoms with E-state index in [0.29, 0.717) is 26.4 Å². The first-order valence-electron chi connectivity index (χ1n) is 15.5. The van der Waals surface area contributed by atoms with Crippen LogP contribution >= 0.6 is 0 Å². The van der Waals surface area contributed by atoms with E-state index in [2.05, 4.69) is 70.3 Å². The van der Waals surface area contributed by atoms with E-state index in [1.807, 2.05) is 54.6 Å². The minimum atomic E-state index is -2.09. The lowest BCUT2D eigenvalue weighted by molar-refractivity contribution is -0.278. The summed E-state index contributed by atoms with van der Waals surface area (Å²) in [4.78, 5) is 0. The SMILES string of the molecule is COCOC[C@@H]1O[C@H](CO[Si](C)(C)C(C)(C)C)[C@@H](OCc2ccccc2)[C@H](OCc2ccccc2)[C@H]1OCc1ccccc1. The molecule has 240 valence electrons. The smallest absolute Gasteiger partial charge is 0.192 e. The lowest BCUT2D eigenvalue weighted by Crippen LogP contribution is -2.62. The quantitative estimate of drug-likeness (QED) is 0.0955. The van der Waals surface area contributed by atoms with E-state index in [-0.39, 0.29) is 18.4 Å². The van der Waals surface area contributed by atoms with Gasteiger partial charge in [0.05, 0.1) is 33.0 Å². The third kappa shape index (κ3) is 10.1. The predicted molar refractivity (Wildman–Crippen MR) is 175 cm³/mol. The highest BCUT2D eigenvalue weighted by Gasteiger charge is 2.49. The van der Waals surface area contributed by atoms with Crippen LogP contribution in [0.4, 0.5) is 0 Å². The Balaban J connectivity index is 1.66. The van der Waals surface area contributed by atoms with Gasteiger partial charge in [0.15, 0.2) is 8.32 Å². The first-order chi connectivity index (χ1) is 21.2. The molecule has 0 radical (unpaired) electrons. The van der Waals surface area contributed by atoms with E-state index < -0.39 is 38.8 Å². The number of benzene rings is 3. The van der Waals surface area contributed by atoms with Crippen LogP contribution in [-0.4, -0.2) is 66.0 Å². The van der Waals surface area contributed by atoms with Crippen LogP contribution in [0.3, 0.4) is 0 Å². The molecular weight excluding hydrogens is 572 g/mol. The standard InChI is InChI=1S/C36H50O7Si/c1-36(2,3)44(5,6)42-26-32-34(40-23-29-18-12-8-13-19-29)35(41-24-30-20-14-9-15-21-30)33(31(43-32)25-38-27-37-4)39-22-28-16-10-7-11-17-28/h7-21,31-35H,22-27H2,1-6H3/t31-,32+,33-,34+,35+/m0/s1. The van der Waals surface area contributed by atoms with Crippen LogP contribution in [0.25, 0.3) is 0 Å². The van der Waals surface area contributed by atoms with Gasteiger partial charge in [-0.3, -0.25) is 0 Å². The fourth-order valence-corrected chi connectivity index (χ4v) is 5.92. The van der Waals surface area contributed by atoms with Crippen molar-refractivity contribution in [3.8, 4) is 0 Å². The summed E-state index contributed by atoms with van der Waals surface area (Å²) in [5.41, 5.74) is 3.21. The van der Waals surface area contributed by atoms with Crippen LogP contribution in [0.15, 0.2) is 91.0 Å². The average molecular weight is 623 g/mol. The topological polar surface area (TPSA) is 64.6 Å². The Morgan fingerprint density at radius 2 is 1.02 bits per heavy atom. The molecule has 0 unspecified atom stereocenters. The molecule has 44 heavy (non-hydrogen) atoms. The second kappa shape index (κ2) is 16.8. The molecule has 1 fully saturated rings. The van der Waals surface area contributed by atoms with Gasteiger partial charge in [-0.1, -0.05) is 112 Å². The van der Waals surface area contributed by atoms with Crippen LogP contribution in [0, 0.1) is 0 Å². The normalized spacial score (nSPS) is 22.6. The summed E-state index contributed by atoms with van der Waals surface area (Å²) in [5.74, 6) is 0. The van der Waals surface area contributed by atoms with Crippen molar-refractivity contribution < 1.29 is 32.8 Å². The first kappa shape index (κ1) is 34.5. The Bertz CT molecular complexity index is 1200. The molecule has 0 spiro atoms. The van der Waals surface area contributed by atoms with Crippen molar-refractivity contribution in [2.45, 2.75) is 89.2 Å². The minimum absolute atomic E-state index is 0.0492. The Kier molecular flexibility index (Phi) is 13.1. The van der Waals surface area contributed by atoms with E-state index >= 15 is 0 Å². The van der Waals surface area contributed by atoms with Crippen LogP contribution in [0.1, 0.15) is 37.5 Å². The van der Waals surface area contributed by atoms with E-state index in [9.17, 15) is 0 Å². The molecule has 4 rings (SSSR count). The largest absolute Gasteiger partial charge is 0.414 e. The molecule has 3 aromatic rings. The molecular formula is C36H50O7Si. The molecule has 1 aliphatic rings. The van der Waals surface area contributed by atoms with E-state index in [1.165, 1.54) is 0 Å². The third-order valence-corrected chi connectivity index (χ3v) is 13.0.